The minimum atomic E-state index is 0.688. The zero-order valence-corrected chi connectivity index (χ0v) is 10.6. The third-order valence-electron chi connectivity index (χ3n) is 3.72. The lowest BCUT2D eigenvalue weighted by Gasteiger charge is -2.17. The lowest BCUT2D eigenvalue weighted by molar-refractivity contribution is 0.452. The molecule has 1 aromatic carbocycles. The summed E-state index contributed by atoms with van der Waals surface area (Å²) >= 11 is 2.11. The quantitative estimate of drug-likeness (QED) is 0.843. The highest BCUT2D eigenvalue weighted by molar-refractivity contribution is 8.00. The Labute approximate surface area is 102 Å². The molecule has 1 heterocycles. The van der Waals surface area contributed by atoms with Crippen LogP contribution in [-0.4, -0.2) is 23.1 Å². The van der Waals surface area contributed by atoms with E-state index in [0.29, 0.717) is 6.04 Å². The second-order valence-corrected chi connectivity index (χ2v) is 6.59. The van der Waals surface area contributed by atoms with Crippen LogP contribution < -0.4 is 5.32 Å². The van der Waals surface area contributed by atoms with Crippen molar-refractivity contribution in [3.05, 3.63) is 35.4 Å². The summed E-state index contributed by atoms with van der Waals surface area (Å²) in [6.07, 6.45) is 3.80. The number of thioether (sulfide) groups is 1. The molecule has 0 spiro atoms. The van der Waals surface area contributed by atoms with Crippen LogP contribution in [0.5, 0.6) is 0 Å². The molecule has 16 heavy (non-hydrogen) atoms. The summed E-state index contributed by atoms with van der Waals surface area (Å²) in [5.74, 6) is 1.30. The molecule has 1 fully saturated rings. The summed E-state index contributed by atoms with van der Waals surface area (Å²) in [5.41, 5.74) is 3.11. The van der Waals surface area contributed by atoms with Crippen molar-refractivity contribution in [2.24, 2.45) is 0 Å². The Morgan fingerprint density at radius 2 is 1.81 bits per heavy atom. The molecule has 0 amide bonds. The maximum atomic E-state index is 3.83. The van der Waals surface area contributed by atoms with Gasteiger partial charge in [0, 0.05) is 23.1 Å². The van der Waals surface area contributed by atoms with E-state index in [1.807, 2.05) is 0 Å². The maximum absolute atomic E-state index is 3.83. The molecule has 1 aliphatic heterocycles. The Morgan fingerprint density at radius 3 is 2.38 bits per heavy atom. The summed E-state index contributed by atoms with van der Waals surface area (Å²) in [4.78, 5) is 0. The fourth-order valence-electron chi connectivity index (χ4n) is 2.94. The van der Waals surface area contributed by atoms with Crippen LogP contribution in [0.25, 0.3) is 0 Å². The Balaban J connectivity index is 1.60. The van der Waals surface area contributed by atoms with E-state index in [0.717, 1.165) is 11.3 Å². The fraction of sp³-hybridized carbons (Fsp3) is 0.571. The molecule has 1 nitrogen and oxygen atoms in total. The highest BCUT2D eigenvalue weighted by atomic mass is 32.2. The lowest BCUT2D eigenvalue weighted by atomic mass is 10.1. The summed E-state index contributed by atoms with van der Waals surface area (Å²) in [7, 11) is 0. The highest BCUT2D eigenvalue weighted by Crippen LogP contribution is 2.28. The van der Waals surface area contributed by atoms with E-state index in [4.69, 9.17) is 0 Å². The van der Waals surface area contributed by atoms with Crippen LogP contribution in [0.4, 0.5) is 0 Å². The zero-order valence-electron chi connectivity index (χ0n) is 9.78. The average Bonchev–Trinajstić information content (AvgIpc) is 2.84. The van der Waals surface area contributed by atoms with E-state index in [1.54, 1.807) is 11.1 Å². The fourth-order valence-corrected chi connectivity index (χ4v) is 4.10. The second kappa shape index (κ2) is 4.42. The van der Waals surface area contributed by atoms with Crippen LogP contribution in [-0.2, 0) is 12.8 Å². The smallest absolute Gasteiger partial charge is 0.0171 e. The minimum absolute atomic E-state index is 0.688. The van der Waals surface area contributed by atoms with Gasteiger partial charge in [0.2, 0.25) is 0 Å². The minimum Gasteiger partial charge on any atom is -0.310 e. The van der Waals surface area contributed by atoms with E-state index >= 15 is 0 Å². The first-order valence-corrected chi connectivity index (χ1v) is 7.30. The normalized spacial score (nSPS) is 29.6. The molecule has 2 heteroatoms. The van der Waals surface area contributed by atoms with E-state index in [2.05, 4.69) is 48.3 Å². The van der Waals surface area contributed by atoms with Gasteiger partial charge in [-0.3, -0.25) is 0 Å². The molecule has 3 rings (SSSR count). The van der Waals surface area contributed by atoms with E-state index in [-0.39, 0.29) is 0 Å². The number of rotatable bonds is 2. The van der Waals surface area contributed by atoms with Crippen molar-refractivity contribution in [2.75, 3.05) is 5.75 Å². The predicted octanol–water partition coefficient (Wildman–Crippen LogP) is 2.64. The van der Waals surface area contributed by atoms with Crippen LogP contribution in [0, 0.1) is 0 Å². The van der Waals surface area contributed by atoms with Crippen molar-refractivity contribution in [3.8, 4) is 0 Å². The van der Waals surface area contributed by atoms with E-state index in [1.165, 1.54) is 25.0 Å². The third-order valence-corrected chi connectivity index (χ3v) is 5.08. The van der Waals surface area contributed by atoms with Gasteiger partial charge in [0.25, 0.3) is 0 Å². The summed E-state index contributed by atoms with van der Waals surface area (Å²) in [6, 6.07) is 10.3. The van der Waals surface area contributed by atoms with Crippen LogP contribution >= 0.6 is 11.8 Å². The van der Waals surface area contributed by atoms with Crippen LogP contribution in [0.15, 0.2) is 24.3 Å². The van der Waals surface area contributed by atoms with Crippen molar-refractivity contribution in [2.45, 2.75) is 43.5 Å². The van der Waals surface area contributed by atoms with Gasteiger partial charge in [0.05, 0.1) is 0 Å². The molecule has 2 aliphatic rings. The van der Waals surface area contributed by atoms with Crippen LogP contribution in [0.2, 0.25) is 0 Å². The average molecular weight is 233 g/mol. The molecule has 1 N–H and O–H groups in total. The van der Waals surface area contributed by atoms with Crippen molar-refractivity contribution < 1.29 is 0 Å². The summed E-state index contributed by atoms with van der Waals surface area (Å²) in [6.45, 7) is 2.34. The van der Waals surface area contributed by atoms with Gasteiger partial charge in [-0.2, -0.15) is 11.8 Å². The van der Waals surface area contributed by atoms with Gasteiger partial charge in [-0.1, -0.05) is 31.2 Å². The highest BCUT2D eigenvalue weighted by Gasteiger charge is 2.27. The first kappa shape index (κ1) is 10.7. The number of nitrogens with one attached hydrogen (secondary N) is 1. The van der Waals surface area contributed by atoms with Crippen molar-refractivity contribution in [1.82, 2.24) is 5.32 Å². The monoisotopic (exact) mass is 233 g/mol. The number of hydrogen-bond acceptors (Lipinski definition) is 2. The topological polar surface area (TPSA) is 12.0 Å². The van der Waals surface area contributed by atoms with Crippen LogP contribution in [0.3, 0.4) is 0 Å². The Hall–Kier alpha value is -0.470. The molecular weight excluding hydrogens is 214 g/mol. The molecule has 0 bridgehead atoms. The SMILES string of the molecule is CC1CC(NC2Cc3ccccc3C2)CS1. The van der Waals surface area contributed by atoms with Crippen molar-refractivity contribution >= 4 is 11.8 Å². The molecule has 2 atom stereocenters. The summed E-state index contributed by atoms with van der Waals surface area (Å²) in [5, 5.41) is 4.68. The first-order valence-electron chi connectivity index (χ1n) is 6.25. The molecule has 0 saturated carbocycles. The molecule has 2 unspecified atom stereocenters. The third kappa shape index (κ3) is 2.14. The van der Waals surface area contributed by atoms with Gasteiger partial charge < -0.3 is 5.32 Å². The molecule has 1 aliphatic carbocycles. The van der Waals surface area contributed by atoms with E-state index < -0.39 is 0 Å². The lowest BCUT2D eigenvalue weighted by Crippen LogP contribution is -2.39. The number of benzene rings is 1. The second-order valence-electron chi connectivity index (χ2n) is 5.12. The van der Waals surface area contributed by atoms with Gasteiger partial charge in [-0.05, 0) is 30.4 Å². The van der Waals surface area contributed by atoms with Gasteiger partial charge in [0.1, 0.15) is 0 Å². The molecule has 0 aromatic heterocycles. The number of fused-ring (bicyclic) bond motifs is 1. The summed E-state index contributed by atoms with van der Waals surface area (Å²) < 4.78 is 0. The Kier molecular flexibility index (Phi) is 2.95. The molecular formula is C14H19NS. The van der Waals surface area contributed by atoms with Crippen LogP contribution in [0.1, 0.15) is 24.5 Å². The van der Waals surface area contributed by atoms with Gasteiger partial charge in [0.15, 0.2) is 0 Å². The van der Waals surface area contributed by atoms with Crippen molar-refractivity contribution in [1.29, 1.82) is 0 Å². The first-order chi connectivity index (χ1) is 7.81. The van der Waals surface area contributed by atoms with Gasteiger partial charge in [-0.25, -0.2) is 0 Å². The van der Waals surface area contributed by atoms with Gasteiger partial charge in [-0.15, -0.1) is 0 Å². The maximum Gasteiger partial charge on any atom is 0.0171 e. The standard InChI is InChI=1S/C14H19NS/c1-10-6-14(9-16-10)15-13-7-11-4-2-3-5-12(11)8-13/h2-5,10,13-15H,6-9H2,1H3. The molecule has 0 radical (unpaired) electrons. The van der Waals surface area contributed by atoms with Crippen molar-refractivity contribution in [3.63, 3.8) is 0 Å². The Bertz CT molecular complexity index is 352. The largest absolute Gasteiger partial charge is 0.310 e. The predicted molar refractivity (Wildman–Crippen MR) is 71.1 cm³/mol. The molecule has 86 valence electrons. The van der Waals surface area contributed by atoms with E-state index in [9.17, 15) is 0 Å². The molecule has 1 saturated heterocycles. The molecule has 1 aromatic rings. The van der Waals surface area contributed by atoms with Gasteiger partial charge >= 0.3 is 0 Å². The zero-order chi connectivity index (χ0) is 11.0. The number of hydrogen-bond donors (Lipinski definition) is 1. The Morgan fingerprint density at radius 1 is 1.12 bits per heavy atom.